The van der Waals surface area contributed by atoms with Crippen LogP contribution in [0, 0.1) is 5.82 Å². The fourth-order valence-corrected chi connectivity index (χ4v) is 3.14. The fourth-order valence-electron chi connectivity index (χ4n) is 2.68. The summed E-state index contributed by atoms with van der Waals surface area (Å²) in [7, 11) is 1.53. The van der Waals surface area contributed by atoms with Gasteiger partial charge in [0.05, 0.1) is 18.3 Å². The van der Waals surface area contributed by atoms with Crippen LogP contribution in [0.3, 0.4) is 0 Å². The zero-order valence-corrected chi connectivity index (χ0v) is 18.8. The first-order valence-corrected chi connectivity index (χ1v) is 10.3. The van der Waals surface area contributed by atoms with E-state index in [0.29, 0.717) is 32.7 Å². The molecule has 3 rings (SSSR count). The van der Waals surface area contributed by atoms with E-state index in [1.807, 2.05) is 0 Å². The molecule has 0 aliphatic rings. The lowest BCUT2D eigenvalue weighted by atomic mass is 10.1. The zero-order chi connectivity index (χ0) is 23.8. The molecule has 0 atom stereocenters. The Balaban J connectivity index is 1.61. The molecule has 0 aromatic heterocycles. The highest BCUT2D eigenvalue weighted by molar-refractivity contribution is 6.39. The Morgan fingerprint density at radius 1 is 1.00 bits per heavy atom. The van der Waals surface area contributed by atoms with Crippen molar-refractivity contribution < 1.29 is 23.5 Å². The highest BCUT2D eigenvalue weighted by atomic mass is 35.5. The molecule has 3 aromatic carbocycles. The summed E-state index contributed by atoms with van der Waals surface area (Å²) in [5.74, 6) is -1.34. The molecule has 170 valence electrons. The van der Waals surface area contributed by atoms with Gasteiger partial charge in [-0.05, 0) is 66.2 Å². The minimum absolute atomic E-state index is 0.151. The monoisotopic (exact) mass is 489 g/mol. The molecular formula is C23H18Cl2FN3O4. The normalized spacial score (nSPS) is 10.7. The minimum Gasteiger partial charge on any atom is -0.496 e. The summed E-state index contributed by atoms with van der Waals surface area (Å²) in [5.41, 5.74) is 3.73. The second-order valence-electron chi connectivity index (χ2n) is 6.59. The van der Waals surface area contributed by atoms with Crippen molar-refractivity contribution in [2.75, 3.05) is 12.4 Å². The van der Waals surface area contributed by atoms with Gasteiger partial charge in [0.15, 0.2) is 0 Å². The number of nitrogens with one attached hydrogen (secondary N) is 2. The molecular weight excluding hydrogens is 472 g/mol. The standard InChI is InChI=1S/C23H18Cl2FN3O4/c1-32-20-8-2-14(10-15(20)13-33-21-9-3-16(24)11-19(21)25)12-27-29-23(31)22(30)28-18-6-4-17(26)5-7-18/h2-12H,13H2,1H3,(H,28,30)(H,29,31)/b27-12+. The lowest BCUT2D eigenvalue weighted by molar-refractivity contribution is -0.136. The van der Waals surface area contributed by atoms with Crippen molar-refractivity contribution in [1.29, 1.82) is 0 Å². The lowest BCUT2D eigenvalue weighted by Crippen LogP contribution is -2.32. The lowest BCUT2D eigenvalue weighted by Gasteiger charge is -2.12. The van der Waals surface area contributed by atoms with Crippen molar-refractivity contribution in [2.24, 2.45) is 5.10 Å². The summed E-state index contributed by atoms with van der Waals surface area (Å²) in [4.78, 5) is 23.8. The number of methoxy groups -OCH3 is 1. The van der Waals surface area contributed by atoms with Crippen LogP contribution in [0.25, 0.3) is 0 Å². The number of rotatable bonds is 7. The van der Waals surface area contributed by atoms with Crippen molar-refractivity contribution in [3.8, 4) is 11.5 Å². The SMILES string of the molecule is COc1ccc(/C=N/NC(=O)C(=O)Nc2ccc(F)cc2)cc1COc1ccc(Cl)cc1Cl. The van der Waals surface area contributed by atoms with Crippen LogP contribution in [0.4, 0.5) is 10.1 Å². The van der Waals surface area contributed by atoms with Crippen LogP contribution in [-0.4, -0.2) is 25.1 Å². The molecule has 0 spiro atoms. The maximum Gasteiger partial charge on any atom is 0.329 e. The number of hydrazone groups is 1. The summed E-state index contributed by atoms with van der Waals surface area (Å²) in [6.45, 7) is 0.151. The molecule has 10 heteroatoms. The summed E-state index contributed by atoms with van der Waals surface area (Å²) < 4.78 is 24.0. The molecule has 7 nitrogen and oxygen atoms in total. The quantitative estimate of drug-likeness (QED) is 0.283. The van der Waals surface area contributed by atoms with E-state index in [1.54, 1.807) is 36.4 Å². The number of ether oxygens (including phenoxy) is 2. The summed E-state index contributed by atoms with van der Waals surface area (Å²) >= 11 is 12.0. The van der Waals surface area contributed by atoms with E-state index in [2.05, 4.69) is 15.8 Å². The number of carbonyl (C=O) groups is 2. The fraction of sp³-hybridized carbons (Fsp3) is 0.0870. The van der Waals surface area contributed by atoms with Crippen molar-refractivity contribution in [3.63, 3.8) is 0 Å². The smallest absolute Gasteiger partial charge is 0.329 e. The molecule has 0 radical (unpaired) electrons. The van der Waals surface area contributed by atoms with Crippen LogP contribution in [0.5, 0.6) is 11.5 Å². The number of nitrogens with zero attached hydrogens (tertiary/aromatic N) is 1. The Bertz CT molecular complexity index is 1190. The largest absolute Gasteiger partial charge is 0.496 e. The Labute approximate surface area is 199 Å². The summed E-state index contributed by atoms with van der Waals surface area (Å²) in [6, 6.07) is 15.1. The van der Waals surface area contributed by atoms with Crippen molar-refractivity contribution in [3.05, 3.63) is 87.7 Å². The molecule has 2 N–H and O–H groups in total. The van der Waals surface area contributed by atoms with Crippen LogP contribution in [-0.2, 0) is 16.2 Å². The highest BCUT2D eigenvalue weighted by Gasteiger charge is 2.13. The predicted octanol–water partition coefficient (Wildman–Crippen LogP) is 4.81. The van der Waals surface area contributed by atoms with Gasteiger partial charge in [-0.25, -0.2) is 9.82 Å². The zero-order valence-electron chi connectivity index (χ0n) is 17.3. The third kappa shape index (κ3) is 6.93. The van der Waals surface area contributed by atoms with Crippen molar-refractivity contribution in [2.45, 2.75) is 6.61 Å². The third-order valence-electron chi connectivity index (χ3n) is 4.27. The van der Waals surface area contributed by atoms with E-state index in [0.717, 1.165) is 12.1 Å². The molecule has 33 heavy (non-hydrogen) atoms. The molecule has 0 aliphatic heterocycles. The second kappa shape index (κ2) is 11.3. The molecule has 0 bridgehead atoms. The Morgan fingerprint density at radius 3 is 2.42 bits per heavy atom. The minimum atomic E-state index is -0.981. The van der Waals surface area contributed by atoms with E-state index in [1.165, 1.54) is 25.5 Å². The first-order valence-electron chi connectivity index (χ1n) is 9.50. The number of benzene rings is 3. The van der Waals surface area contributed by atoms with Gasteiger partial charge in [0.2, 0.25) is 0 Å². The van der Waals surface area contributed by atoms with Crippen LogP contribution in [0.15, 0.2) is 65.8 Å². The Kier molecular flexibility index (Phi) is 8.23. The Morgan fingerprint density at radius 2 is 1.73 bits per heavy atom. The molecule has 0 unspecified atom stereocenters. The van der Waals surface area contributed by atoms with Gasteiger partial charge in [-0.2, -0.15) is 5.10 Å². The molecule has 0 aliphatic carbocycles. The first-order chi connectivity index (χ1) is 15.9. The average molecular weight is 490 g/mol. The van der Waals surface area contributed by atoms with Crippen LogP contribution in [0.1, 0.15) is 11.1 Å². The van der Waals surface area contributed by atoms with Gasteiger partial charge >= 0.3 is 11.8 Å². The van der Waals surface area contributed by atoms with E-state index in [-0.39, 0.29) is 12.3 Å². The van der Waals surface area contributed by atoms with Crippen molar-refractivity contribution in [1.82, 2.24) is 5.43 Å². The topological polar surface area (TPSA) is 89.0 Å². The van der Waals surface area contributed by atoms with Gasteiger partial charge in [-0.3, -0.25) is 9.59 Å². The first kappa shape index (κ1) is 24.0. The summed E-state index contributed by atoms with van der Waals surface area (Å²) in [6.07, 6.45) is 1.36. The van der Waals surface area contributed by atoms with E-state index in [9.17, 15) is 14.0 Å². The van der Waals surface area contributed by atoms with Crippen molar-refractivity contribution >= 4 is 46.9 Å². The highest BCUT2D eigenvalue weighted by Crippen LogP contribution is 2.29. The number of hydrogen-bond acceptors (Lipinski definition) is 5. The molecule has 0 fully saturated rings. The molecule has 0 saturated carbocycles. The average Bonchev–Trinajstić information content (AvgIpc) is 2.80. The Hall–Kier alpha value is -3.62. The van der Waals surface area contributed by atoms with E-state index in [4.69, 9.17) is 32.7 Å². The number of carbonyl (C=O) groups excluding carboxylic acids is 2. The van der Waals surface area contributed by atoms with Gasteiger partial charge in [0, 0.05) is 16.3 Å². The van der Waals surface area contributed by atoms with Gasteiger partial charge in [-0.15, -0.1) is 0 Å². The van der Waals surface area contributed by atoms with Gasteiger partial charge in [0.25, 0.3) is 0 Å². The third-order valence-corrected chi connectivity index (χ3v) is 4.80. The number of anilines is 1. The maximum absolute atomic E-state index is 12.9. The molecule has 3 aromatic rings. The molecule has 2 amide bonds. The summed E-state index contributed by atoms with van der Waals surface area (Å²) in [5, 5.41) is 7.01. The number of halogens is 3. The van der Waals surface area contributed by atoms with Gasteiger partial charge in [-0.1, -0.05) is 23.2 Å². The van der Waals surface area contributed by atoms with Crippen LogP contribution < -0.4 is 20.2 Å². The molecule has 0 heterocycles. The van der Waals surface area contributed by atoms with E-state index < -0.39 is 17.6 Å². The van der Waals surface area contributed by atoms with Crippen LogP contribution in [0.2, 0.25) is 10.0 Å². The number of hydrogen-bond donors (Lipinski definition) is 2. The maximum atomic E-state index is 12.9. The van der Waals surface area contributed by atoms with Gasteiger partial charge < -0.3 is 14.8 Å². The van der Waals surface area contributed by atoms with Gasteiger partial charge in [0.1, 0.15) is 23.9 Å². The number of amides is 2. The molecule has 0 saturated heterocycles. The second-order valence-corrected chi connectivity index (χ2v) is 7.44. The predicted molar refractivity (Wildman–Crippen MR) is 125 cm³/mol. The van der Waals surface area contributed by atoms with Crippen LogP contribution >= 0.6 is 23.2 Å². The van der Waals surface area contributed by atoms with E-state index >= 15 is 0 Å².